The van der Waals surface area contributed by atoms with Crippen LogP contribution >= 0.6 is 0 Å². The van der Waals surface area contributed by atoms with Crippen LogP contribution in [-0.4, -0.2) is 18.0 Å². The van der Waals surface area contributed by atoms with E-state index in [2.05, 4.69) is 76.3 Å². The topological polar surface area (TPSA) is 18.5 Å². The molecule has 1 saturated heterocycles. The molecule has 3 unspecified atom stereocenters. The average Bonchev–Trinajstić information content (AvgIpc) is 3.44. The summed E-state index contributed by atoms with van der Waals surface area (Å²) in [5.41, 5.74) is 0. The Morgan fingerprint density at radius 3 is 1.27 bits per heavy atom. The van der Waals surface area contributed by atoms with Gasteiger partial charge in [-0.3, -0.25) is 0 Å². The van der Waals surface area contributed by atoms with Gasteiger partial charge in [0.25, 0.3) is 0 Å². The van der Waals surface area contributed by atoms with E-state index in [0.717, 1.165) is 37.5 Å². The quantitative estimate of drug-likeness (QED) is 0.0561. The Bertz CT molecular complexity index is 773. The molecule has 2 nitrogen and oxygen atoms in total. The average molecular weight is 667 g/mol. The molecule has 0 amide bonds. The summed E-state index contributed by atoms with van der Waals surface area (Å²) in [6.45, 7) is 9.34. The van der Waals surface area contributed by atoms with Gasteiger partial charge in [0.15, 0.2) is 5.79 Å². The predicted octanol–water partition coefficient (Wildman–Crippen LogP) is 15.3. The zero-order valence-electron chi connectivity index (χ0n) is 32.8. The van der Waals surface area contributed by atoms with Crippen molar-refractivity contribution < 1.29 is 9.47 Å². The molecule has 0 N–H and O–H groups in total. The molecule has 48 heavy (non-hydrogen) atoms. The standard InChI is InChI=1S/C46H82O2/c1-5-8-10-12-14-16-18-20-22-24-26-28-30-32-34-36-44-45(48-46(47-44)40-38-43(39-41-46)42(4)7-3)37-35-33-31-29-27-25-23-21-19-17-15-13-11-9-6-2/h14-17,20-23,42-45H,5-13,18-19,24-41H2,1-4H3. The number of rotatable bonds is 30. The highest BCUT2D eigenvalue weighted by atomic mass is 16.8. The van der Waals surface area contributed by atoms with Crippen molar-refractivity contribution in [2.45, 2.75) is 232 Å². The van der Waals surface area contributed by atoms with E-state index in [1.165, 1.54) is 161 Å². The van der Waals surface area contributed by atoms with Gasteiger partial charge in [-0.05, 0) is 102 Å². The van der Waals surface area contributed by atoms with E-state index < -0.39 is 0 Å². The summed E-state index contributed by atoms with van der Waals surface area (Å²) in [6, 6.07) is 0. The SMILES string of the molecule is CCCCCC=CCC=CCCCCCCCC1OC2(CCC(C(C)CC)CC2)OC1CCCCCCCC=CCC=CCCCCC. The minimum atomic E-state index is -0.270. The zero-order chi connectivity index (χ0) is 34.4. The summed E-state index contributed by atoms with van der Waals surface area (Å²) >= 11 is 0. The highest BCUT2D eigenvalue weighted by Gasteiger charge is 2.48. The highest BCUT2D eigenvalue weighted by molar-refractivity contribution is 4.94. The Hall–Kier alpha value is -1.12. The van der Waals surface area contributed by atoms with Crippen LogP contribution in [0.5, 0.6) is 0 Å². The van der Waals surface area contributed by atoms with Crippen LogP contribution < -0.4 is 0 Å². The summed E-state index contributed by atoms with van der Waals surface area (Å²) < 4.78 is 13.8. The van der Waals surface area contributed by atoms with Crippen molar-refractivity contribution in [3.8, 4) is 0 Å². The predicted molar refractivity (Wildman–Crippen MR) is 213 cm³/mol. The molecule has 0 aromatic heterocycles. The maximum Gasteiger partial charge on any atom is 0.169 e. The van der Waals surface area contributed by atoms with E-state index >= 15 is 0 Å². The van der Waals surface area contributed by atoms with Crippen molar-refractivity contribution in [2.75, 3.05) is 0 Å². The van der Waals surface area contributed by atoms with Gasteiger partial charge in [-0.25, -0.2) is 0 Å². The Kier molecular flexibility index (Phi) is 26.5. The molecule has 0 aromatic rings. The summed E-state index contributed by atoms with van der Waals surface area (Å²) in [6.07, 6.45) is 56.5. The summed E-state index contributed by atoms with van der Waals surface area (Å²) in [5, 5.41) is 0. The monoisotopic (exact) mass is 667 g/mol. The molecule has 1 aliphatic carbocycles. The van der Waals surface area contributed by atoms with Gasteiger partial charge >= 0.3 is 0 Å². The number of allylic oxidation sites excluding steroid dienone is 8. The number of hydrogen-bond acceptors (Lipinski definition) is 2. The van der Waals surface area contributed by atoms with Gasteiger partial charge in [-0.2, -0.15) is 0 Å². The summed E-state index contributed by atoms with van der Waals surface area (Å²) in [7, 11) is 0. The fourth-order valence-corrected chi connectivity index (χ4v) is 7.75. The first-order valence-electron chi connectivity index (χ1n) is 21.6. The fraction of sp³-hybridized carbons (Fsp3) is 0.826. The molecule has 1 aliphatic heterocycles. The van der Waals surface area contributed by atoms with Crippen LogP contribution in [0.15, 0.2) is 48.6 Å². The second-order valence-electron chi connectivity index (χ2n) is 15.5. The highest BCUT2D eigenvalue weighted by Crippen LogP contribution is 2.46. The Morgan fingerprint density at radius 1 is 0.500 bits per heavy atom. The van der Waals surface area contributed by atoms with Gasteiger partial charge in [0.2, 0.25) is 0 Å². The van der Waals surface area contributed by atoms with E-state index in [4.69, 9.17) is 9.47 Å². The molecule has 0 bridgehead atoms. The van der Waals surface area contributed by atoms with Crippen molar-refractivity contribution in [1.82, 2.24) is 0 Å². The van der Waals surface area contributed by atoms with Crippen molar-refractivity contribution >= 4 is 0 Å². The molecule has 2 fully saturated rings. The lowest BCUT2D eigenvalue weighted by atomic mass is 9.77. The number of ether oxygens (including phenoxy) is 2. The van der Waals surface area contributed by atoms with Crippen molar-refractivity contribution in [1.29, 1.82) is 0 Å². The molecule has 0 radical (unpaired) electrons. The molecule has 0 aromatic carbocycles. The molecular formula is C46H82O2. The van der Waals surface area contributed by atoms with E-state index in [9.17, 15) is 0 Å². The number of unbranched alkanes of at least 4 members (excludes halogenated alkanes) is 16. The van der Waals surface area contributed by atoms with Crippen LogP contribution in [0, 0.1) is 11.8 Å². The number of hydrogen-bond donors (Lipinski definition) is 0. The molecule has 2 aliphatic rings. The molecule has 1 spiro atoms. The molecule has 1 saturated carbocycles. The van der Waals surface area contributed by atoms with E-state index in [1.807, 2.05) is 0 Å². The van der Waals surface area contributed by atoms with Gasteiger partial charge in [-0.1, -0.05) is 160 Å². The lowest BCUT2D eigenvalue weighted by molar-refractivity contribution is -0.201. The minimum Gasteiger partial charge on any atom is -0.344 e. The maximum absolute atomic E-state index is 6.91. The normalized spacial score (nSPS) is 24.0. The smallest absolute Gasteiger partial charge is 0.169 e. The zero-order valence-corrected chi connectivity index (χ0v) is 32.8. The van der Waals surface area contributed by atoms with Crippen LogP contribution in [0.2, 0.25) is 0 Å². The summed E-state index contributed by atoms with van der Waals surface area (Å²) in [4.78, 5) is 0. The van der Waals surface area contributed by atoms with Gasteiger partial charge in [0, 0.05) is 12.8 Å². The van der Waals surface area contributed by atoms with Gasteiger partial charge < -0.3 is 9.47 Å². The van der Waals surface area contributed by atoms with Gasteiger partial charge in [0.1, 0.15) is 0 Å². The lowest BCUT2D eigenvalue weighted by Gasteiger charge is -2.38. The molecule has 2 rings (SSSR count). The third-order valence-electron chi connectivity index (χ3n) is 11.3. The molecular weight excluding hydrogens is 585 g/mol. The van der Waals surface area contributed by atoms with E-state index in [1.54, 1.807) is 0 Å². The lowest BCUT2D eigenvalue weighted by Crippen LogP contribution is -2.37. The Balaban J connectivity index is 1.62. The van der Waals surface area contributed by atoms with Crippen molar-refractivity contribution in [3.63, 3.8) is 0 Å². The first kappa shape index (κ1) is 43.0. The Morgan fingerprint density at radius 2 is 0.875 bits per heavy atom. The second-order valence-corrected chi connectivity index (χ2v) is 15.5. The van der Waals surface area contributed by atoms with E-state index in [0.29, 0.717) is 12.2 Å². The third kappa shape index (κ3) is 20.5. The van der Waals surface area contributed by atoms with E-state index in [-0.39, 0.29) is 5.79 Å². The largest absolute Gasteiger partial charge is 0.344 e. The molecule has 3 atom stereocenters. The van der Waals surface area contributed by atoms with Crippen LogP contribution in [-0.2, 0) is 9.47 Å². The van der Waals surface area contributed by atoms with Crippen LogP contribution in [0.3, 0.4) is 0 Å². The first-order valence-corrected chi connectivity index (χ1v) is 21.6. The van der Waals surface area contributed by atoms with Crippen LogP contribution in [0.1, 0.15) is 214 Å². The fourth-order valence-electron chi connectivity index (χ4n) is 7.75. The van der Waals surface area contributed by atoms with Crippen molar-refractivity contribution in [3.05, 3.63) is 48.6 Å². The minimum absolute atomic E-state index is 0.270. The molecule has 2 heteroatoms. The van der Waals surface area contributed by atoms with Gasteiger partial charge in [-0.15, -0.1) is 0 Å². The molecule has 1 heterocycles. The third-order valence-corrected chi connectivity index (χ3v) is 11.3. The second kappa shape index (κ2) is 29.6. The summed E-state index contributed by atoms with van der Waals surface area (Å²) in [5.74, 6) is 1.41. The maximum atomic E-state index is 6.91. The van der Waals surface area contributed by atoms with Crippen molar-refractivity contribution in [2.24, 2.45) is 11.8 Å². The van der Waals surface area contributed by atoms with Crippen LogP contribution in [0.4, 0.5) is 0 Å². The first-order chi connectivity index (χ1) is 23.6. The van der Waals surface area contributed by atoms with Crippen LogP contribution in [0.25, 0.3) is 0 Å². The Labute approximate surface area is 301 Å². The van der Waals surface area contributed by atoms with Gasteiger partial charge in [0.05, 0.1) is 12.2 Å². The molecule has 278 valence electrons.